The van der Waals surface area contributed by atoms with E-state index in [1.54, 1.807) is 22.5 Å². The van der Waals surface area contributed by atoms with E-state index >= 15 is 0 Å². The Balaban J connectivity index is 1.51. The smallest absolute Gasteiger partial charge is 0.275 e. The number of hydrogen-bond donors (Lipinski definition) is 2. The SMILES string of the molecule is O=C1/C(=C\c2ccc(Cl)cc2)SC(c2ccc(Cl)cc2)N1NCCNc1nccs1. The molecule has 154 valence electrons. The second-order valence-electron chi connectivity index (χ2n) is 6.43. The minimum atomic E-state index is -0.187. The molecule has 5 nitrogen and oxygen atoms in total. The molecule has 1 fully saturated rings. The predicted molar refractivity (Wildman–Crippen MR) is 127 cm³/mol. The summed E-state index contributed by atoms with van der Waals surface area (Å²) in [6.07, 6.45) is 3.65. The molecule has 1 saturated heterocycles. The minimum absolute atomic E-state index is 0.0656. The first kappa shape index (κ1) is 21.2. The first-order valence-electron chi connectivity index (χ1n) is 9.20. The summed E-state index contributed by atoms with van der Waals surface area (Å²) < 4.78 is 0. The third-order valence-corrected chi connectivity index (χ3v) is 6.83. The van der Waals surface area contributed by atoms with E-state index in [0.29, 0.717) is 28.0 Å². The first-order valence-corrected chi connectivity index (χ1v) is 11.7. The van der Waals surface area contributed by atoms with Crippen LogP contribution in [-0.4, -0.2) is 29.0 Å². The maximum Gasteiger partial charge on any atom is 0.275 e. The van der Waals surface area contributed by atoms with E-state index in [1.807, 2.05) is 60.0 Å². The fourth-order valence-corrected chi connectivity index (χ4v) is 4.93. The highest BCUT2D eigenvalue weighted by molar-refractivity contribution is 8.04. The van der Waals surface area contributed by atoms with Gasteiger partial charge < -0.3 is 5.32 Å². The molecule has 30 heavy (non-hydrogen) atoms. The monoisotopic (exact) mass is 476 g/mol. The van der Waals surface area contributed by atoms with Crippen LogP contribution < -0.4 is 10.7 Å². The Kier molecular flexibility index (Phi) is 6.97. The van der Waals surface area contributed by atoms with E-state index in [0.717, 1.165) is 16.3 Å². The lowest BCUT2D eigenvalue weighted by atomic mass is 10.2. The highest BCUT2D eigenvalue weighted by Crippen LogP contribution is 2.45. The van der Waals surface area contributed by atoms with Crippen LogP contribution >= 0.6 is 46.3 Å². The molecule has 0 spiro atoms. The summed E-state index contributed by atoms with van der Waals surface area (Å²) >= 11 is 15.1. The van der Waals surface area contributed by atoms with Crippen molar-refractivity contribution in [3.63, 3.8) is 0 Å². The Bertz CT molecular complexity index is 1020. The van der Waals surface area contributed by atoms with Gasteiger partial charge in [0.25, 0.3) is 5.91 Å². The van der Waals surface area contributed by atoms with Crippen LogP contribution in [0.2, 0.25) is 10.0 Å². The largest absolute Gasteiger partial charge is 0.360 e. The molecule has 9 heteroatoms. The Hall–Kier alpha value is -2.03. The average Bonchev–Trinajstić information content (AvgIpc) is 3.37. The summed E-state index contributed by atoms with van der Waals surface area (Å²) in [6.45, 7) is 1.22. The van der Waals surface area contributed by atoms with Crippen LogP contribution in [0.1, 0.15) is 16.5 Å². The summed E-state index contributed by atoms with van der Waals surface area (Å²) in [5, 5.41) is 8.83. The van der Waals surface area contributed by atoms with E-state index in [2.05, 4.69) is 15.7 Å². The van der Waals surface area contributed by atoms with Crippen molar-refractivity contribution in [3.8, 4) is 0 Å². The van der Waals surface area contributed by atoms with Crippen LogP contribution in [0.15, 0.2) is 65.0 Å². The van der Waals surface area contributed by atoms with Crippen molar-refractivity contribution in [1.29, 1.82) is 0 Å². The van der Waals surface area contributed by atoms with Gasteiger partial charge in [-0.1, -0.05) is 59.2 Å². The van der Waals surface area contributed by atoms with Gasteiger partial charge in [0, 0.05) is 34.7 Å². The molecule has 0 bridgehead atoms. The Morgan fingerprint density at radius 2 is 1.73 bits per heavy atom. The maximum absolute atomic E-state index is 13.1. The topological polar surface area (TPSA) is 57.3 Å². The van der Waals surface area contributed by atoms with Crippen LogP contribution in [0.5, 0.6) is 0 Å². The molecule has 0 radical (unpaired) electrons. The summed E-state index contributed by atoms with van der Waals surface area (Å²) in [7, 11) is 0. The Labute approximate surface area is 193 Å². The summed E-state index contributed by atoms with van der Waals surface area (Å²) in [6, 6.07) is 15.0. The number of nitrogens with one attached hydrogen (secondary N) is 2. The van der Waals surface area contributed by atoms with Crippen LogP contribution in [0.3, 0.4) is 0 Å². The lowest BCUT2D eigenvalue weighted by molar-refractivity contribution is -0.129. The molecule has 3 aromatic rings. The number of halogens is 2. The number of amides is 1. The van der Waals surface area contributed by atoms with E-state index in [4.69, 9.17) is 23.2 Å². The number of rotatable bonds is 7. The van der Waals surface area contributed by atoms with Crippen molar-refractivity contribution in [2.45, 2.75) is 5.37 Å². The van der Waals surface area contributed by atoms with Gasteiger partial charge in [0.2, 0.25) is 0 Å². The zero-order valence-corrected chi connectivity index (χ0v) is 18.9. The number of hydrazine groups is 1. The standard InChI is InChI=1S/C21H18Cl2N4OS2/c22-16-5-1-14(2-6-16)13-18-19(28)27(26-10-9-24-21-25-11-12-29-21)20(30-18)15-3-7-17(23)8-4-15/h1-8,11-13,20,26H,9-10H2,(H,24,25)/b18-13+. The maximum atomic E-state index is 13.1. The molecule has 0 saturated carbocycles. The molecule has 2 heterocycles. The average molecular weight is 477 g/mol. The zero-order valence-electron chi connectivity index (χ0n) is 15.7. The minimum Gasteiger partial charge on any atom is -0.360 e. The molecule has 2 N–H and O–H groups in total. The fourth-order valence-electron chi connectivity index (χ4n) is 2.91. The molecule has 0 aliphatic carbocycles. The predicted octanol–water partition coefficient (Wildman–Crippen LogP) is 5.68. The van der Waals surface area contributed by atoms with Crippen molar-refractivity contribution < 1.29 is 4.79 Å². The Morgan fingerprint density at radius 1 is 1.03 bits per heavy atom. The fraction of sp³-hybridized carbons (Fsp3) is 0.143. The van der Waals surface area contributed by atoms with Gasteiger partial charge in [-0.15, -0.1) is 11.3 Å². The van der Waals surface area contributed by atoms with Crippen molar-refractivity contribution in [1.82, 2.24) is 15.4 Å². The summed E-state index contributed by atoms with van der Waals surface area (Å²) in [5.74, 6) is -0.0656. The van der Waals surface area contributed by atoms with Crippen LogP contribution in [-0.2, 0) is 4.79 Å². The number of anilines is 1. The van der Waals surface area contributed by atoms with Gasteiger partial charge in [0.15, 0.2) is 5.13 Å². The quantitative estimate of drug-likeness (QED) is 0.339. The van der Waals surface area contributed by atoms with E-state index in [-0.39, 0.29) is 11.3 Å². The number of carbonyl (C=O) groups excluding carboxylic acids is 1. The molecule has 1 aliphatic heterocycles. The number of thioether (sulfide) groups is 1. The molecule has 1 aromatic heterocycles. The number of aromatic nitrogens is 1. The number of nitrogens with zero attached hydrogens (tertiary/aromatic N) is 2. The Morgan fingerprint density at radius 3 is 2.40 bits per heavy atom. The van der Waals surface area contributed by atoms with Gasteiger partial charge in [-0.05, 0) is 41.5 Å². The van der Waals surface area contributed by atoms with Gasteiger partial charge >= 0.3 is 0 Å². The van der Waals surface area contributed by atoms with Crippen molar-refractivity contribution in [2.75, 3.05) is 18.4 Å². The number of thiazole rings is 1. The van der Waals surface area contributed by atoms with Crippen LogP contribution in [0.25, 0.3) is 6.08 Å². The van der Waals surface area contributed by atoms with Crippen LogP contribution in [0, 0.1) is 0 Å². The third kappa shape index (κ3) is 5.17. The van der Waals surface area contributed by atoms with Gasteiger partial charge in [-0.25, -0.2) is 10.4 Å². The highest BCUT2D eigenvalue weighted by Gasteiger charge is 2.37. The molecule has 4 rings (SSSR count). The highest BCUT2D eigenvalue weighted by atomic mass is 35.5. The summed E-state index contributed by atoms with van der Waals surface area (Å²) in [4.78, 5) is 18.0. The summed E-state index contributed by atoms with van der Waals surface area (Å²) in [5.41, 5.74) is 5.19. The number of carbonyl (C=O) groups is 1. The second kappa shape index (κ2) is 9.85. The van der Waals surface area contributed by atoms with Gasteiger partial charge in [-0.3, -0.25) is 9.80 Å². The van der Waals surface area contributed by atoms with Gasteiger partial charge in [-0.2, -0.15) is 0 Å². The molecule has 1 atom stereocenters. The molecular weight excluding hydrogens is 459 g/mol. The van der Waals surface area contributed by atoms with Crippen molar-refractivity contribution in [2.24, 2.45) is 0 Å². The van der Waals surface area contributed by atoms with Crippen LogP contribution in [0.4, 0.5) is 5.13 Å². The second-order valence-corrected chi connectivity index (χ2v) is 9.32. The molecular formula is C21H18Cl2N4OS2. The molecule has 1 aliphatic rings. The van der Waals surface area contributed by atoms with E-state index in [9.17, 15) is 4.79 Å². The van der Waals surface area contributed by atoms with Crippen molar-refractivity contribution in [3.05, 3.63) is 86.2 Å². The zero-order chi connectivity index (χ0) is 20.9. The lowest BCUT2D eigenvalue weighted by Crippen LogP contribution is -2.42. The molecule has 1 unspecified atom stereocenters. The number of benzene rings is 2. The first-order chi connectivity index (χ1) is 14.6. The molecule has 1 amide bonds. The van der Waals surface area contributed by atoms with E-state index in [1.165, 1.54) is 11.8 Å². The molecule has 2 aromatic carbocycles. The number of hydrogen-bond acceptors (Lipinski definition) is 6. The normalized spacial score (nSPS) is 17.7. The van der Waals surface area contributed by atoms with E-state index < -0.39 is 0 Å². The lowest BCUT2D eigenvalue weighted by Gasteiger charge is -2.24. The van der Waals surface area contributed by atoms with Crippen molar-refractivity contribution >= 4 is 63.4 Å². The van der Waals surface area contributed by atoms with Gasteiger partial charge in [0.1, 0.15) is 5.37 Å². The van der Waals surface area contributed by atoms with Gasteiger partial charge in [0.05, 0.1) is 4.91 Å². The third-order valence-electron chi connectivity index (χ3n) is 4.34.